The molecule has 2 heterocycles. The van der Waals surface area contributed by atoms with E-state index in [0.29, 0.717) is 5.92 Å². The zero-order valence-corrected chi connectivity index (χ0v) is 12.6. The van der Waals surface area contributed by atoms with Gasteiger partial charge in [0.25, 0.3) is 0 Å². The molecule has 1 aromatic rings. The van der Waals surface area contributed by atoms with Crippen molar-refractivity contribution in [3.63, 3.8) is 0 Å². The van der Waals surface area contributed by atoms with Gasteiger partial charge in [0.1, 0.15) is 0 Å². The van der Waals surface area contributed by atoms with Crippen molar-refractivity contribution in [1.82, 2.24) is 10.2 Å². The van der Waals surface area contributed by atoms with Crippen LogP contribution in [0.1, 0.15) is 25.3 Å². The third-order valence-corrected chi connectivity index (χ3v) is 4.50. The Kier molecular flexibility index (Phi) is 4.56. The topological polar surface area (TPSA) is 41.6 Å². The van der Waals surface area contributed by atoms with E-state index < -0.39 is 0 Å². The highest BCUT2D eigenvalue weighted by Gasteiger charge is 2.39. The van der Waals surface area contributed by atoms with Crippen LogP contribution in [-0.4, -0.2) is 42.8 Å². The highest BCUT2D eigenvalue weighted by atomic mass is 16.5. The molecule has 0 bridgehead atoms. The molecule has 1 amide bonds. The number of carbonyl (C=O) groups excluding carboxylic acids is 1. The molecular formula is C17H24N2O2. The van der Waals surface area contributed by atoms with Gasteiger partial charge in [0.15, 0.2) is 0 Å². The number of rotatable bonds is 5. The van der Waals surface area contributed by atoms with Crippen molar-refractivity contribution in [3.8, 4) is 0 Å². The summed E-state index contributed by atoms with van der Waals surface area (Å²) in [6.45, 7) is 4.59. The van der Waals surface area contributed by atoms with Gasteiger partial charge in [-0.05, 0) is 24.8 Å². The number of ether oxygens (including phenoxy) is 1. The van der Waals surface area contributed by atoms with Gasteiger partial charge in [-0.3, -0.25) is 10.1 Å². The molecule has 2 aliphatic heterocycles. The average Bonchev–Trinajstić information content (AvgIpc) is 3.12. The van der Waals surface area contributed by atoms with Gasteiger partial charge >= 0.3 is 0 Å². The molecule has 0 radical (unpaired) electrons. The Balaban J connectivity index is 1.65. The first-order chi connectivity index (χ1) is 10.3. The van der Waals surface area contributed by atoms with Crippen LogP contribution in [0.15, 0.2) is 30.3 Å². The molecule has 4 nitrogen and oxygen atoms in total. The molecule has 0 aromatic heterocycles. The Hall–Kier alpha value is -1.39. The van der Waals surface area contributed by atoms with Crippen LogP contribution in [-0.2, 0) is 16.0 Å². The van der Waals surface area contributed by atoms with E-state index in [4.69, 9.17) is 4.74 Å². The lowest BCUT2D eigenvalue weighted by atomic mass is 10.1. The second-order valence-corrected chi connectivity index (χ2v) is 6.05. The molecule has 3 rings (SSSR count). The van der Waals surface area contributed by atoms with Crippen LogP contribution in [0.3, 0.4) is 0 Å². The van der Waals surface area contributed by atoms with Crippen molar-refractivity contribution in [3.05, 3.63) is 35.9 Å². The van der Waals surface area contributed by atoms with Crippen molar-refractivity contribution in [2.24, 2.45) is 5.92 Å². The molecule has 3 unspecified atom stereocenters. The molecule has 2 saturated heterocycles. The summed E-state index contributed by atoms with van der Waals surface area (Å²) in [5.74, 6) is 0.748. The lowest BCUT2D eigenvalue weighted by Crippen LogP contribution is -2.40. The van der Waals surface area contributed by atoms with E-state index in [2.05, 4.69) is 24.4 Å². The van der Waals surface area contributed by atoms with Crippen LogP contribution in [0, 0.1) is 5.92 Å². The predicted molar refractivity (Wildman–Crippen MR) is 81.8 cm³/mol. The van der Waals surface area contributed by atoms with Gasteiger partial charge in [-0.15, -0.1) is 0 Å². The van der Waals surface area contributed by atoms with Crippen molar-refractivity contribution in [2.45, 2.75) is 38.4 Å². The van der Waals surface area contributed by atoms with E-state index in [1.165, 1.54) is 5.56 Å². The summed E-state index contributed by atoms with van der Waals surface area (Å²) in [4.78, 5) is 14.7. The molecular weight excluding hydrogens is 264 g/mol. The fourth-order valence-corrected chi connectivity index (χ4v) is 3.30. The van der Waals surface area contributed by atoms with Gasteiger partial charge in [-0.1, -0.05) is 37.3 Å². The number of amides is 1. The SMILES string of the molecule is CCC1NC(Cc2ccccc2)C(=O)N1CC1CCOC1. The molecule has 2 aliphatic rings. The van der Waals surface area contributed by atoms with Crippen molar-refractivity contribution in [2.75, 3.05) is 19.8 Å². The van der Waals surface area contributed by atoms with Crippen LogP contribution in [0.25, 0.3) is 0 Å². The van der Waals surface area contributed by atoms with Crippen molar-refractivity contribution >= 4 is 5.91 Å². The Morgan fingerprint density at radius 3 is 2.81 bits per heavy atom. The van der Waals surface area contributed by atoms with Crippen LogP contribution in [0.5, 0.6) is 0 Å². The first kappa shape index (κ1) is 14.5. The first-order valence-electron chi connectivity index (χ1n) is 7.96. The standard InChI is InChI=1S/C17H24N2O2/c1-2-16-18-15(10-13-6-4-3-5-7-13)17(20)19(16)11-14-8-9-21-12-14/h3-7,14-16,18H,2,8-12H2,1H3. The van der Waals surface area contributed by atoms with Crippen LogP contribution < -0.4 is 5.32 Å². The summed E-state index contributed by atoms with van der Waals surface area (Å²) in [6.07, 6.45) is 2.97. The van der Waals surface area contributed by atoms with E-state index in [9.17, 15) is 4.79 Å². The van der Waals surface area contributed by atoms with E-state index >= 15 is 0 Å². The maximum absolute atomic E-state index is 12.7. The third-order valence-electron chi connectivity index (χ3n) is 4.50. The van der Waals surface area contributed by atoms with Gasteiger partial charge in [-0.2, -0.15) is 0 Å². The minimum Gasteiger partial charge on any atom is -0.381 e. The van der Waals surface area contributed by atoms with Crippen LogP contribution >= 0.6 is 0 Å². The summed E-state index contributed by atoms with van der Waals surface area (Å²) >= 11 is 0. The summed E-state index contributed by atoms with van der Waals surface area (Å²) in [5, 5.41) is 3.50. The number of carbonyl (C=O) groups is 1. The molecule has 0 spiro atoms. The van der Waals surface area contributed by atoms with E-state index in [1.807, 2.05) is 23.1 Å². The highest BCUT2D eigenvalue weighted by Crippen LogP contribution is 2.21. The van der Waals surface area contributed by atoms with Gasteiger partial charge in [0.2, 0.25) is 5.91 Å². The fourth-order valence-electron chi connectivity index (χ4n) is 3.30. The van der Waals surface area contributed by atoms with E-state index in [-0.39, 0.29) is 18.1 Å². The van der Waals surface area contributed by atoms with Gasteiger partial charge < -0.3 is 9.64 Å². The molecule has 4 heteroatoms. The Labute approximate surface area is 126 Å². The quantitative estimate of drug-likeness (QED) is 0.898. The molecule has 114 valence electrons. The number of nitrogens with one attached hydrogen (secondary N) is 1. The van der Waals surface area contributed by atoms with E-state index in [0.717, 1.165) is 39.0 Å². The monoisotopic (exact) mass is 288 g/mol. The molecule has 1 N–H and O–H groups in total. The minimum atomic E-state index is -0.0836. The predicted octanol–water partition coefficient (Wildman–Crippen LogP) is 1.80. The van der Waals surface area contributed by atoms with Gasteiger partial charge in [0, 0.05) is 19.1 Å². The number of hydrogen-bond donors (Lipinski definition) is 1. The third kappa shape index (κ3) is 3.27. The summed E-state index contributed by atoms with van der Waals surface area (Å²) in [7, 11) is 0. The molecule has 0 saturated carbocycles. The first-order valence-corrected chi connectivity index (χ1v) is 7.96. The summed E-state index contributed by atoms with van der Waals surface area (Å²) in [5.41, 5.74) is 1.21. The largest absolute Gasteiger partial charge is 0.381 e. The maximum atomic E-state index is 12.7. The van der Waals surface area contributed by atoms with E-state index in [1.54, 1.807) is 0 Å². The Bertz CT molecular complexity index is 471. The van der Waals surface area contributed by atoms with Crippen molar-refractivity contribution < 1.29 is 9.53 Å². The zero-order chi connectivity index (χ0) is 14.7. The zero-order valence-electron chi connectivity index (χ0n) is 12.6. The van der Waals surface area contributed by atoms with Crippen molar-refractivity contribution in [1.29, 1.82) is 0 Å². The molecule has 3 atom stereocenters. The lowest BCUT2D eigenvalue weighted by Gasteiger charge is -2.25. The van der Waals surface area contributed by atoms with Gasteiger partial charge in [0.05, 0.1) is 18.8 Å². The minimum absolute atomic E-state index is 0.0836. The lowest BCUT2D eigenvalue weighted by molar-refractivity contribution is -0.130. The van der Waals surface area contributed by atoms with Gasteiger partial charge in [-0.25, -0.2) is 0 Å². The second-order valence-electron chi connectivity index (χ2n) is 6.05. The molecule has 1 aromatic carbocycles. The van der Waals surface area contributed by atoms with Crippen LogP contribution in [0.2, 0.25) is 0 Å². The molecule has 2 fully saturated rings. The van der Waals surface area contributed by atoms with Crippen LogP contribution in [0.4, 0.5) is 0 Å². The normalized spacial score (nSPS) is 29.3. The Morgan fingerprint density at radius 1 is 1.33 bits per heavy atom. The number of hydrogen-bond acceptors (Lipinski definition) is 3. The summed E-state index contributed by atoms with van der Waals surface area (Å²) in [6, 6.07) is 10.2. The number of benzene rings is 1. The molecule has 0 aliphatic carbocycles. The maximum Gasteiger partial charge on any atom is 0.241 e. The molecule has 21 heavy (non-hydrogen) atoms. The smallest absolute Gasteiger partial charge is 0.241 e. The number of nitrogens with zero attached hydrogens (tertiary/aromatic N) is 1. The summed E-state index contributed by atoms with van der Waals surface area (Å²) < 4.78 is 5.44. The fraction of sp³-hybridized carbons (Fsp3) is 0.588. The highest BCUT2D eigenvalue weighted by molar-refractivity contribution is 5.84. The Morgan fingerprint density at radius 2 is 2.14 bits per heavy atom. The second kappa shape index (κ2) is 6.58. The average molecular weight is 288 g/mol.